The molecule has 0 aromatic carbocycles. The van der Waals surface area contributed by atoms with Crippen LogP contribution in [0.15, 0.2) is 29.4 Å². The summed E-state index contributed by atoms with van der Waals surface area (Å²) in [7, 11) is -3.56. The highest BCUT2D eigenvalue weighted by Gasteiger charge is 2.50. The SMILES string of the molecule is CCN1C(=O)CCC2(CNS(=O)(=O)c3cccnc3)CCCC12. The van der Waals surface area contributed by atoms with Gasteiger partial charge >= 0.3 is 0 Å². The molecule has 0 bridgehead atoms. The van der Waals surface area contributed by atoms with E-state index in [2.05, 4.69) is 9.71 Å². The van der Waals surface area contributed by atoms with Crippen molar-refractivity contribution >= 4 is 15.9 Å². The fraction of sp³-hybridized carbons (Fsp3) is 0.625. The third kappa shape index (κ3) is 2.99. The molecule has 3 rings (SSSR count). The Bertz CT molecular complexity index is 677. The number of carbonyl (C=O) groups excluding carboxylic acids is 1. The van der Waals surface area contributed by atoms with Crippen molar-refractivity contribution in [3.8, 4) is 0 Å². The van der Waals surface area contributed by atoms with E-state index < -0.39 is 10.0 Å². The standard InChI is InChI=1S/C16H23N3O3S/c1-2-19-14-6-3-8-16(14,9-7-15(19)20)12-18-23(21,22)13-5-4-10-17-11-13/h4-5,10-11,14,18H,2-3,6-9,12H2,1H3. The van der Waals surface area contributed by atoms with Gasteiger partial charge in [0.25, 0.3) is 0 Å². The molecule has 6 nitrogen and oxygen atoms in total. The Balaban J connectivity index is 1.78. The quantitative estimate of drug-likeness (QED) is 0.884. The largest absolute Gasteiger partial charge is 0.339 e. The Hall–Kier alpha value is -1.47. The molecule has 1 amide bonds. The van der Waals surface area contributed by atoms with Gasteiger partial charge in [-0.2, -0.15) is 0 Å². The minimum absolute atomic E-state index is 0.126. The van der Waals surface area contributed by atoms with E-state index in [1.807, 2.05) is 11.8 Å². The van der Waals surface area contributed by atoms with Crippen LogP contribution in [0, 0.1) is 5.41 Å². The highest BCUT2D eigenvalue weighted by molar-refractivity contribution is 7.89. The number of nitrogens with one attached hydrogen (secondary N) is 1. The summed E-state index contributed by atoms with van der Waals surface area (Å²) in [5.74, 6) is 0.199. The third-order valence-corrected chi connectivity index (χ3v) is 6.68. The molecule has 0 radical (unpaired) electrons. The predicted octanol–water partition coefficient (Wildman–Crippen LogP) is 1.54. The Morgan fingerprint density at radius 2 is 2.26 bits per heavy atom. The average Bonchev–Trinajstić information content (AvgIpc) is 2.98. The fourth-order valence-electron chi connectivity index (χ4n) is 4.09. The van der Waals surface area contributed by atoms with Crippen LogP contribution in [0.2, 0.25) is 0 Å². The van der Waals surface area contributed by atoms with Crippen LogP contribution < -0.4 is 4.72 Å². The molecule has 2 atom stereocenters. The van der Waals surface area contributed by atoms with E-state index in [0.29, 0.717) is 19.5 Å². The van der Waals surface area contributed by atoms with Gasteiger partial charge in [0, 0.05) is 43.4 Å². The molecule has 126 valence electrons. The molecule has 1 saturated heterocycles. The van der Waals surface area contributed by atoms with Gasteiger partial charge in [0.2, 0.25) is 15.9 Å². The van der Waals surface area contributed by atoms with Gasteiger partial charge in [0.1, 0.15) is 4.90 Å². The van der Waals surface area contributed by atoms with Crippen LogP contribution in [0.3, 0.4) is 0 Å². The van der Waals surface area contributed by atoms with E-state index in [4.69, 9.17) is 0 Å². The van der Waals surface area contributed by atoms with Gasteiger partial charge in [-0.15, -0.1) is 0 Å². The minimum atomic E-state index is -3.56. The smallest absolute Gasteiger partial charge is 0.242 e. The summed E-state index contributed by atoms with van der Waals surface area (Å²) in [5.41, 5.74) is -0.126. The van der Waals surface area contributed by atoms with Crippen molar-refractivity contribution in [2.24, 2.45) is 5.41 Å². The van der Waals surface area contributed by atoms with Crippen LogP contribution in [-0.4, -0.2) is 43.3 Å². The second-order valence-electron chi connectivity index (χ2n) is 6.46. The molecule has 1 aliphatic carbocycles. The lowest BCUT2D eigenvalue weighted by Gasteiger charge is -2.46. The van der Waals surface area contributed by atoms with Gasteiger partial charge in [-0.25, -0.2) is 13.1 Å². The van der Waals surface area contributed by atoms with Gasteiger partial charge in [-0.3, -0.25) is 9.78 Å². The molecule has 1 N–H and O–H groups in total. The summed E-state index contributed by atoms with van der Waals surface area (Å²) in [6.45, 7) is 3.07. The van der Waals surface area contributed by atoms with Crippen LogP contribution in [0.5, 0.6) is 0 Å². The Morgan fingerprint density at radius 1 is 1.43 bits per heavy atom. The molecule has 1 aromatic heterocycles. The minimum Gasteiger partial charge on any atom is -0.339 e. The first kappa shape index (κ1) is 16.4. The number of nitrogens with zero attached hydrogens (tertiary/aromatic N) is 2. The summed E-state index contributed by atoms with van der Waals surface area (Å²) < 4.78 is 27.6. The van der Waals surface area contributed by atoms with Crippen molar-refractivity contribution in [1.29, 1.82) is 0 Å². The van der Waals surface area contributed by atoms with Crippen molar-refractivity contribution in [3.05, 3.63) is 24.5 Å². The van der Waals surface area contributed by atoms with Crippen molar-refractivity contribution in [1.82, 2.24) is 14.6 Å². The maximum atomic E-state index is 12.4. The molecule has 2 unspecified atom stereocenters. The number of hydrogen-bond donors (Lipinski definition) is 1. The summed E-state index contributed by atoms with van der Waals surface area (Å²) in [6, 6.07) is 3.32. The Kier molecular flexibility index (Phi) is 4.42. The number of piperidine rings is 1. The van der Waals surface area contributed by atoms with Gasteiger partial charge in [-0.05, 0) is 38.3 Å². The molecule has 2 heterocycles. The van der Waals surface area contributed by atoms with Crippen LogP contribution in [0.1, 0.15) is 39.0 Å². The summed E-state index contributed by atoms with van der Waals surface area (Å²) in [6.07, 6.45) is 7.17. The first-order valence-corrected chi connectivity index (χ1v) is 9.66. The molecule has 23 heavy (non-hydrogen) atoms. The van der Waals surface area contributed by atoms with Crippen LogP contribution in [-0.2, 0) is 14.8 Å². The predicted molar refractivity (Wildman–Crippen MR) is 86.1 cm³/mol. The van der Waals surface area contributed by atoms with Crippen molar-refractivity contribution in [3.63, 3.8) is 0 Å². The third-order valence-electron chi connectivity index (χ3n) is 5.29. The molecule has 2 fully saturated rings. The van der Waals surface area contributed by atoms with E-state index in [1.54, 1.807) is 18.3 Å². The van der Waals surface area contributed by atoms with Crippen molar-refractivity contribution < 1.29 is 13.2 Å². The van der Waals surface area contributed by atoms with Gasteiger partial charge in [-0.1, -0.05) is 6.42 Å². The number of carbonyl (C=O) groups is 1. The molecular weight excluding hydrogens is 314 g/mol. The van der Waals surface area contributed by atoms with Gasteiger partial charge < -0.3 is 4.90 Å². The number of hydrogen-bond acceptors (Lipinski definition) is 4. The van der Waals surface area contributed by atoms with Gasteiger partial charge in [0.05, 0.1) is 0 Å². The van der Waals surface area contributed by atoms with E-state index in [9.17, 15) is 13.2 Å². The lowest BCUT2D eigenvalue weighted by Crippen LogP contribution is -2.55. The summed E-state index contributed by atoms with van der Waals surface area (Å²) >= 11 is 0. The lowest BCUT2D eigenvalue weighted by atomic mass is 9.75. The maximum Gasteiger partial charge on any atom is 0.242 e. The molecule has 7 heteroatoms. The number of rotatable bonds is 5. The number of sulfonamides is 1. The number of pyridine rings is 1. The van der Waals surface area contributed by atoms with Gasteiger partial charge in [0.15, 0.2) is 0 Å². The van der Waals surface area contributed by atoms with E-state index in [1.165, 1.54) is 6.20 Å². The summed E-state index contributed by atoms with van der Waals surface area (Å²) in [5, 5.41) is 0. The molecule has 1 aliphatic heterocycles. The molecular formula is C16H23N3O3S. The number of likely N-dealkylation sites (tertiary alicyclic amines) is 1. The highest BCUT2D eigenvalue weighted by atomic mass is 32.2. The zero-order chi connectivity index (χ0) is 16.5. The molecule has 1 saturated carbocycles. The summed E-state index contributed by atoms with van der Waals surface area (Å²) in [4.78, 5) is 18.1. The maximum absolute atomic E-state index is 12.4. The second-order valence-corrected chi connectivity index (χ2v) is 8.23. The fourth-order valence-corrected chi connectivity index (χ4v) is 5.19. The van der Waals surface area contributed by atoms with E-state index >= 15 is 0 Å². The number of aromatic nitrogens is 1. The average molecular weight is 337 g/mol. The van der Waals surface area contributed by atoms with Crippen LogP contribution in [0.25, 0.3) is 0 Å². The van der Waals surface area contributed by atoms with E-state index in [0.717, 1.165) is 25.7 Å². The normalized spacial score (nSPS) is 28.0. The molecule has 0 spiro atoms. The van der Waals surface area contributed by atoms with Crippen LogP contribution in [0.4, 0.5) is 0 Å². The second kappa shape index (κ2) is 6.20. The molecule has 1 aromatic rings. The Morgan fingerprint density at radius 3 is 2.96 bits per heavy atom. The number of amides is 1. The molecule has 2 aliphatic rings. The first-order valence-electron chi connectivity index (χ1n) is 8.18. The first-order chi connectivity index (χ1) is 11.0. The topological polar surface area (TPSA) is 79.4 Å². The highest BCUT2D eigenvalue weighted by Crippen LogP contribution is 2.47. The van der Waals surface area contributed by atoms with Crippen LogP contribution >= 0.6 is 0 Å². The zero-order valence-electron chi connectivity index (χ0n) is 13.4. The lowest BCUT2D eigenvalue weighted by molar-refractivity contribution is -0.141. The number of fused-ring (bicyclic) bond motifs is 1. The van der Waals surface area contributed by atoms with Crippen molar-refractivity contribution in [2.45, 2.75) is 50.0 Å². The zero-order valence-corrected chi connectivity index (χ0v) is 14.2. The monoisotopic (exact) mass is 337 g/mol. The van der Waals surface area contributed by atoms with E-state index in [-0.39, 0.29) is 22.3 Å². The van der Waals surface area contributed by atoms with Crippen molar-refractivity contribution in [2.75, 3.05) is 13.1 Å². The Labute approximate surface area is 137 Å².